The van der Waals surface area contributed by atoms with Gasteiger partial charge in [0.1, 0.15) is 5.75 Å². The van der Waals surface area contributed by atoms with E-state index in [0.29, 0.717) is 5.75 Å². The fourth-order valence-electron chi connectivity index (χ4n) is 3.05. The predicted octanol–water partition coefficient (Wildman–Crippen LogP) is 1.90. The Morgan fingerprint density at radius 3 is 2.17 bits per heavy atom. The zero-order chi connectivity index (χ0) is 21.0. The molecule has 0 N–H and O–H groups in total. The molecule has 10 heteroatoms. The minimum absolute atomic E-state index is 0.0105. The SMILES string of the molecule is C[C@H](Oc1ccccc1)C(=O)N1CCN(S(=O)(=O)c2ccc([N+](=O)[O-])cc2)CC1. The smallest absolute Gasteiger partial charge is 0.269 e. The maximum atomic E-state index is 12.7. The summed E-state index contributed by atoms with van der Waals surface area (Å²) >= 11 is 0. The van der Waals surface area contributed by atoms with Gasteiger partial charge in [0, 0.05) is 38.3 Å². The van der Waals surface area contributed by atoms with Gasteiger partial charge in [-0.2, -0.15) is 4.31 Å². The number of nitrogens with zero attached hydrogens (tertiary/aromatic N) is 3. The molecule has 0 aliphatic carbocycles. The van der Waals surface area contributed by atoms with Crippen molar-refractivity contribution in [2.45, 2.75) is 17.9 Å². The average molecular weight is 419 g/mol. The van der Waals surface area contributed by atoms with Gasteiger partial charge >= 0.3 is 0 Å². The second-order valence-electron chi connectivity index (χ2n) is 6.55. The number of carbonyl (C=O) groups is 1. The number of benzene rings is 2. The van der Waals surface area contributed by atoms with Crippen LogP contribution in [0.1, 0.15) is 6.92 Å². The third-order valence-corrected chi connectivity index (χ3v) is 6.55. The second kappa shape index (κ2) is 8.58. The van der Waals surface area contributed by atoms with Crippen LogP contribution < -0.4 is 4.74 Å². The molecule has 29 heavy (non-hydrogen) atoms. The van der Waals surface area contributed by atoms with E-state index in [1.165, 1.54) is 16.4 Å². The molecule has 1 aliphatic heterocycles. The minimum Gasteiger partial charge on any atom is -0.481 e. The third-order valence-electron chi connectivity index (χ3n) is 4.64. The molecular formula is C19H21N3O6S. The normalized spacial score (nSPS) is 16.2. The van der Waals surface area contributed by atoms with Crippen LogP contribution in [0.5, 0.6) is 5.75 Å². The Morgan fingerprint density at radius 2 is 1.62 bits per heavy atom. The number of sulfonamides is 1. The Labute approximate surface area is 168 Å². The van der Waals surface area contributed by atoms with Gasteiger partial charge in [-0.1, -0.05) is 18.2 Å². The summed E-state index contributed by atoms with van der Waals surface area (Å²) in [5, 5.41) is 10.7. The van der Waals surface area contributed by atoms with E-state index in [4.69, 9.17) is 4.74 Å². The standard InChI is InChI=1S/C19H21N3O6S/c1-15(28-17-5-3-2-4-6-17)19(23)20-11-13-21(14-12-20)29(26,27)18-9-7-16(8-10-18)22(24)25/h2-10,15H,11-14H2,1H3/t15-/m0/s1. The van der Waals surface area contributed by atoms with Gasteiger partial charge in [-0.3, -0.25) is 14.9 Å². The molecule has 1 atom stereocenters. The van der Waals surface area contributed by atoms with Crippen LogP contribution in [0.4, 0.5) is 5.69 Å². The highest BCUT2D eigenvalue weighted by molar-refractivity contribution is 7.89. The summed E-state index contributed by atoms with van der Waals surface area (Å²) in [7, 11) is -3.78. The van der Waals surface area contributed by atoms with Crippen molar-refractivity contribution in [3.05, 3.63) is 64.7 Å². The summed E-state index contributed by atoms with van der Waals surface area (Å²) < 4.78 is 32.4. The Hall–Kier alpha value is -2.98. The average Bonchev–Trinajstić information content (AvgIpc) is 2.74. The monoisotopic (exact) mass is 419 g/mol. The van der Waals surface area contributed by atoms with Gasteiger partial charge in [0.25, 0.3) is 11.6 Å². The highest BCUT2D eigenvalue weighted by Gasteiger charge is 2.32. The van der Waals surface area contributed by atoms with Crippen molar-refractivity contribution < 1.29 is 22.9 Å². The number of hydrogen-bond donors (Lipinski definition) is 0. The summed E-state index contributed by atoms with van der Waals surface area (Å²) in [5.74, 6) is 0.383. The number of para-hydroxylation sites is 1. The minimum atomic E-state index is -3.78. The summed E-state index contributed by atoms with van der Waals surface area (Å²) in [6.45, 7) is 2.43. The van der Waals surface area contributed by atoms with Gasteiger partial charge in [-0.15, -0.1) is 0 Å². The summed E-state index contributed by atoms with van der Waals surface area (Å²) in [4.78, 5) is 24.3. The van der Waals surface area contributed by atoms with Crippen LogP contribution in [-0.4, -0.2) is 60.7 Å². The van der Waals surface area contributed by atoms with Gasteiger partial charge in [0.05, 0.1) is 9.82 Å². The summed E-state index contributed by atoms with van der Waals surface area (Å²) in [6, 6.07) is 13.8. The lowest BCUT2D eigenvalue weighted by Crippen LogP contribution is -2.53. The largest absolute Gasteiger partial charge is 0.481 e. The maximum absolute atomic E-state index is 12.7. The molecule has 0 unspecified atom stereocenters. The lowest BCUT2D eigenvalue weighted by Gasteiger charge is -2.35. The number of nitro benzene ring substituents is 1. The molecule has 1 amide bonds. The van der Waals surface area contributed by atoms with E-state index < -0.39 is 21.1 Å². The van der Waals surface area contributed by atoms with Crippen molar-refractivity contribution in [1.82, 2.24) is 9.21 Å². The quantitative estimate of drug-likeness (QED) is 0.522. The Kier molecular flexibility index (Phi) is 6.14. The number of carbonyl (C=O) groups excluding carboxylic acids is 1. The molecule has 0 saturated carbocycles. The van der Waals surface area contributed by atoms with E-state index in [-0.39, 0.29) is 42.7 Å². The van der Waals surface area contributed by atoms with Crippen molar-refractivity contribution in [1.29, 1.82) is 0 Å². The molecule has 2 aromatic rings. The lowest BCUT2D eigenvalue weighted by molar-refractivity contribution is -0.384. The van der Waals surface area contributed by atoms with Gasteiger partial charge in [0.2, 0.25) is 10.0 Å². The van der Waals surface area contributed by atoms with Crippen molar-refractivity contribution in [2.24, 2.45) is 0 Å². The van der Waals surface area contributed by atoms with Gasteiger partial charge in [0.15, 0.2) is 6.10 Å². The highest BCUT2D eigenvalue weighted by atomic mass is 32.2. The topological polar surface area (TPSA) is 110 Å². The lowest BCUT2D eigenvalue weighted by atomic mass is 10.3. The number of nitro groups is 1. The van der Waals surface area contributed by atoms with E-state index in [1.807, 2.05) is 18.2 Å². The van der Waals surface area contributed by atoms with E-state index >= 15 is 0 Å². The second-order valence-corrected chi connectivity index (χ2v) is 8.49. The molecule has 0 bridgehead atoms. The number of piperazine rings is 1. The molecule has 1 aliphatic rings. The first-order chi connectivity index (χ1) is 13.8. The highest BCUT2D eigenvalue weighted by Crippen LogP contribution is 2.21. The first-order valence-corrected chi connectivity index (χ1v) is 10.5. The molecule has 1 heterocycles. The van der Waals surface area contributed by atoms with Gasteiger partial charge in [-0.25, -0.2) is 8.42 Å². The molecule has 9 nitrogen and oxygen atoms in total. The van der Waals surface area contributed by atoms with Crippen LogP contribution in [0.15, 0.2) is 59.5 Å². The van der Waals surface area contributed by atoms with Crippen molar-refractivity contribution in [3.8, 4) is 5.75 Å². The van der Waals surface area contributed by atoms with Crippen LogP contribution in [-0.2, 0) is 14.8 Å². The van der Waals surface area contributed by atoms with E-state index in [2.05, 4.69) is 0 Å². The first-order valence-electron chi connectivity index (χ1n) is 9.04. The molecule has 3 rings (SSSR count). The van der Waals surface area contributed by atoms with Gasteiger partial charge < -0.3 is 9.64 Å². The van der Waals surface area contributed by atoms with Crippen LogP contribution in [0.3, 0.4) is 0 Å². The van der Waals surface area contributed by atoms with Crippen molar-refractivity contribution >= 4 is 21.6 Å². The zero-order valence-electron chi connectivity index (χ0n) is 15.8. The van der Waals surface area contributed by atoms with Crippen molar-refractivity contribution in [3.63, 3.8) is 0 Å². The third kappa shape index (κ3) is 4.72. The van der Waals surface area contributed by atoms with Crippen LogP contribution in [0, 0.1) is 10.1 Å². The van der Waals surface area contributed by atoms with Crippen molar-refractivity contribution in [2.75, 3.05) is 26.2 Å². The Balaban J connectivity index is 1.60. The Morgan fingerprint density at radius 1 is 1.03 bits per heavy atom. The molecule has 0 aromatic heterocycles. The molecule has 0 radical (unpaired) electrons. The number of amides is 1. The van der Waals surface area contributed by atoms with E-state index in [9.17, 15) is 23.3 Å². The number of ether oxygens (including phenoxy) is 1. The fourth-order valence-corrected chi connectivity index (χ4v) is 4.47. The van der Waals surface area contributed by atoms with E-state index in [1.54, 1.807) is 24.0 Å². The van der Waals surface area contributed by atoms with E-state index in [0.717, 1.165) is 12.1 Å². The molecular weight excluding hydrogens is 398 g/mol. The number of hydrogen-bond acceptors (Lipinski definition) is 6. The predicted molar refractivity (Wildman–Crippen MR) is 105 cm³/mol. The zero-order valence-corrected chi connectivity index (χ0v) is 16.6. The van der Waals surface area contributed by atoms with Crippen LogP contribution in [0.2, 0.25) is 0 Å². The summed E-state index contributed by atoms with van der Waals surface area (Å²) in [5.41, 5.74) is -0.174. The molecule has 0 spiro atoms. The fraction of sp³-hybridized carbons (Fsp3) is 0.316. The van der Waals surface area contributed by atoms with Gasteiger partial charge in [-0.05, 0) is 31.2 Å². The first kappa shape index (κ1) is 20.7. The Bertz CT molecular complexity index is 971. The van der Waals surface area contributed by atoms with Crippen LogP contribution >= 0.6 is 0 Å². The number of non-ortho nitro benzene ring substituents is 1. The molecule has 1 fully saturated rings. The molecule has 2 aromatic carbocycles. The molecule has 154 valence electrons. The van der Waals surface area contributed by atoms with Crippen LogP contribution in [0.25, 0.3) is 0 Å². The maximum Gasteiger partial charge on any atom is 0.269 e. The number of rotatable bonds is 6. The molecule has 1 saturated heterocycles. The summed E-state index contributed by atoms with van der Waals surface area (Å²) in [6.07, 6.45) is -0.685.